The molecule has 0 saturated heterocycles. The Balaban J connectivity index is 1.92. The molecule has 0 N–H and O–H groups in total. The van der Waals surface area contributed by atoms with E-state index in [-0.39, 0.29) is 16.8 Å². The molecule has 3 nitrogen and oxygen atoms in total. The summed E-state index contributed by atoms with van der Waals surface area (Å²) in [6, 6.07) is 2.58. The van der Waals surface area contributed by atoms with Crippen LogP contribution in [0.3, 0.4) is 0 Å². The van der Waals surface area contributed by atoms with E-state index in [2.05, 4.69) is 11.9 Å². The van der Waals surface area contributed by atoms with Gasteiger partial charge in [-0.2, -0.15) is 13.2 Å². The Kier molecular flexibility index (Phi) is 4.79. The number of amides is 1. The van der Waals surface area contributed by atoms with Gasteiger partial charge in [-0.1, -0.05) is 19.8 Å². The van der Waals surface area contributed by atoms with Crippen molar-refractivity contribution in [3.05, 3.63) is 28.3 Å². The Bertz CT molecular complexity index is 799. The summed E-state index contributed by atoms with van der Waals surface area (Å²) < 4.78 is 38.6. The molecule has 1 aliphatic carbocycles. The molecule has 3 rings (SSSR count). The van der Waals surface area contributed by atoms with Gasteiger partial charge < -0.3 is 4.90 Å². The van der Waals surface area contributed by atoms with Gasteiger partial charge in [0.15, 0.2) is 0 Å². The predicted octanol–water partition coefficient (Wildman–Crippen LogP) is 5.27. The first-order chi connectivity index (χ1) is 11.7. The molecule has 2 heterocycles. The molecule has 2 aromatic heterocycles. The maximum absolute atomic E-state index is 12.9. The van der Waals surface area contributed by atoms with Crippen LogP contribution >= 0.6 is 11.3 Å². The minimum absolute atomic E-state index is 0.117. The highest BCUT2D eigenvalue weighted by Crippen LogP contribution is 2.35. The summed E-state index contributed by atoms with van der Waals surface area (Å²) in [5.41, 5.74) is -0.211. The highest BCUT2D eigenvalue weighted by Gasteiger charge is 2.33. The Hall–Kier alpha value is -1.63. The fourth-order valence-corrected chi connectivity index (χ4v) is 4.70. The van der Waals surface area contributed by atoms with E-state index in [0.29, 0.717) is 21.7 Å². The number of pyridine rings is 1. The van der Waals surface area contributed by atoms with E-state index in [0.717, 1.165) is 36.7 Å². The molecule has 1 saturated carbocycles. The summed E-state index contributed by atoms with van der Waals surface area (Å²) in [4.78, 5) is 19.1. The number of halogens is 3. The van der Waals surface area contributed by atoms with Gasteiger partial charge in [0.1, 0.15) is 10.5 Å². The maximum atomic E-state index is 12.9. The summed E-state index contributed by atoms with van der Waals surface area (Å²) >= 11 is 1.05. The molecule has 0 aromatic carbocycles. The van der Waals surface area contributed by atoms with Crippen molar-refractivity contribution in [2.24, 2.45) is 5.92 Å². The van der Waals surface area contributed by atoms with E-state index in [9.17, 15) is 18.0 Å². The van der Waals surface area contributed by atoms with E-state index >= 15 is 0 Å². The zero-order chi connectivity index (χ0) is 18.4. The number of aromatic nitrogens is 1. The van der Waals surface area contributed by atoms with Crippen molar-refractivity contribution in [1.29, 1.82) is 0 Å². The Morgan fingerprint density at radius 2 is 2.04 bits per heavy atom. The number of fused-ring (bicyclic) bond motifs is 1. The van der Waals surface area contributed by atoms with Gasteiger partial charge >= 0.3 is 6.18 Å². The molecule has 2 aromatic rings. The van der Waals surface area contributed by atoms with Crippen LogP contribution in [0.25, 0.3) is 10.2 Å². The molecule has 7 heteroatoms. The molecule has 136 valence electrons. The summed E-state index contributed by atoms with van der Waals surface area (Å²) in [6.07, 6.45) is -0.239. The van der Waals surface area contributed by atoms with Gasteiger partial charge in [-0.15, -0.1) is 11.3 Å². The molecular weight excluding hydrogens is 349 g/mol. The SMILES string of the molecule is Cc1c(C(=O)N(C)[C@@H]2CCC[C@H](C)C2)sc2nc(C(F)(F)F)ccc12. The molecule has 0 spiro atoms. The lowest BCUT2D eigenvalue weighted by molar-refractivity contribution is -0.140. The van der Waals surface area contributed by atoms with Crippen molar-refractivity contribution in [2.45, 2.75) is 51.7 Å². The first kappa shape index (κ1) is 18.2. The van der Waals surface area contributed by atoms with Gasteiger partial charge in [0.2, 0.25) is 0 Å². The van der Waals surface area contributed by atoms with E-state index in [1.165, 1.54) is 12.5 Å². The number of rotatable bonds is 2. The molecule has 25 heavy (non-hydrogen) atoms. The predicted molar refractivity (Wildman–Crippen MR) is 92.9 cm³/mol. The van der Waals surface area contributed by atoms with Crippen molar-refractivity contribution >= 4 is 27.5 Å². The lowest BCUT2D eigenvalue weighted by atomic mass is 9.86. The number of hydrogen-bond donors (Lipinski definition) is 0. The number of carbonyl (C=O) groups is 1. The van der Waals surface area contributed by atoms with Crippen molar-refractivity contribution in [3.8, 4) is 0 Å². The van der Waals surface area contributed by atoms with Crippen LogP contribution in [-0.2, 0) is 6.18 Å². The number of hydrogen-bond acceptors (Lipinski definition) is 3. The van der Waals surface area contributed by atoms with Crippen LogP contribution in [0.2, 0.25) is 0 Å². The number of alkyl halides is 3. The van der Waals surface area contributed by atoms with Gasteiger partial charge in [0, 0.05) is 18.5 Å². The number of nitrogens with zero attached hydrogens (tertiary/aromatic N) is 2. The van der Waals surface area contributed by atoms with E-state index in [1.807, 2.05) is 0 Å². The van der Waals surface area contributed by atoms with Crippen LogP contribution in [0.4, 0.5) is 13.2 Å². The second-order valence-corrected chi connectivity index (χ2v) is 7.94. The average molecular weight is 370 g/mol. The summed E-state index contributed by atoms with van der Waals surface area (Å²) in [5, 5.41) is 0.617. The molecule has 2 atom stereocenters. The second-order valence-electron chi connectivity index (χ2n) is 6.94. The van der Waals surface area contributed by atoms with Gasteiger partial charge in [-0.3, -0.25) is 4.79 Å². The third kappa shape index (κ3) is 3.52. The fourth-order valence-electron chi connectivity index (χ4n) is 3.54. The first-order valence-electron chi connectivity index (χ1n) is 8.43. The lowest BCUT2D eigenvalue weighted by Gasteiger charge is -2.34. The van der Waals surface area contributed by atoms with Crippen molar-refractivity contribution in [3.63, 3.8) is 0 Å². The van der Waals surface area contributed by atoms with Gasteiger partial charge in [0.05, 0.1) is 4.88 Å². The molecule has 0 aliphatic heterocycles. The van der Waals surface area contributed by atoms with Crippen LogP contribution in [0.1, 0.15) is 53.5 Å². The maximum Gasteiger partial charge on any atom is 0.433 e. The van der Waals surface area contributed by atoms with Gasteiger partial charge in [0.25, 0.3) is 5.91 Å². The molecule has 1 fully saturated rings. The minimum atomic E-state index is -4.48. The van der Waals surface area contributed by atoms with Gasteiger partial charge in [-0.05, 0) is 43.4 Å². The highest BCUT2D eigenvalue weighted by molar-refractivity contribution is 7.20. The summed E-state index contributed by atoms with van der Waals surface area (Å²) in [7, 11) is 1.80. The average Bonchev–Trinajstić information content (AvgIpc) is 2.89. The topological polar surface area (TPSA) is 33.2 Å². The molecule has 0 unspecified atom stereocenters. The number of carbonyl (C=O) groups excluding carboxylic acids is 1. The highest BCUT2D eigenvalue weighted by atomic mass is 32.1. The Morgan fingerprint density at radius 3 is 2.68 bits per heavy atom. The number of thiophene rings is 1. The molecule has 1 amide bonds. The van der Waals surface area contributed by atoms with Crippen LogP contribution in [0, 0.1) is 12.8 Å². The Labute approximate surface area is 148 Å². The van der Waals surface area contributed by atoms with Crippen LogP contribution in [-0.4, -0.2) is 28.9 Å². The van der Waals surface area contributed by atoms with E-state index in [4.69, 9.17) is 0 Å². The number of aryl methyl sites for hydroxylation is 1. The van der Waals surface area contributed by atoms with Crippen LogP contribution in [0.5, 0.6) is 0 Å². The normalized spacial score (nSPS) is 21.5. The zero-order valence-corrected chi connectivity index (χ0v) is 15.3. The first-order valence-corrected chi connectivity index (χ1v) is 9.24. The summed E-state index contributed by atoms with van der Waals surface area (Å²) in [6.45, 7) is 3.97. The minimum Gasteiger partial charge on any atom is -0.338 e. The van der Waals surface area contributed by atoms with Crippen molar-refractivity contribution in [2.75, 3.05) is 7.05 Å². The lowest BCUT2D eigenvalue weighted by Crippen LogP contribution is -2.39. The van der Waals surface area contributed by atoms with Crippen molar-refractivity contribution < 1.29 is 18.0 Å². The molecule has 0 radical (unpaired) electrons. The van der Waals surface area contributed by atoms with E-state index in [1.54, 1.807) is 18.9 Å². The zero-order valence-electron chi connectivity index (χ0n) is 14.5. The van der Waals surface area contributed by atoms with Crippen molar-refractivity contribution in [1.82, 2.24) is 9.88 Å². The molecular formula is C18H21F3N2OS. The largest absolute Gasteiger partial charge is 0.433 e. The quantitative estimate of drug-likeness (QED) is 0.721. The molecule has 1 aliphatic rings. The molecule has 0 bridgehead atoms. The monoisotopic (exact) mass is 370 g/mol. The fraction of sp³-hybridized carbons (Fsp3) is 0.556. The Morgan fingerprint density at radius 1 is 1.32 bits per heavy atom. The smallest absolute Gasteiger partial charge is 0.338 e. The standard InChI is InChI=1S/C18H21F3N2OS/c1-10-5-4-6-12(9-10)23(3)17(24)15-11(2)13-7-8-14(18(19,20)21)22-16(13)25-15/h7-8,10,12H,4-6,9H2,1-3H3/t10-,12+/m0/s1. The second kappa shape index (κ2) is 6.59. The van der Waals surface area contributed by atoms with Gasteiger partial charge in [-0.25, -0.2) is 4.98 Å². The van der Waals surface area contributed by atoms with Crippen LogP contribution in [0.15, 0.2) is 12.1 Å². The third-order valence-electron chi connectivity index (χ3n) is 5.07. The third-order valence-corrected chi connectivity index (χ3v) is 6.25. The summed E-state index contributed by atoms with van der Waals surface area (Å²) in [5.74, 6) is 0.474. The van der Waals surface area contributed by atoms with Crippen LogP contribution < -0.4 is 0 Å². The van der Waals surface area contributed by atoms with E-state index < -0.39 is 11.9 Å².